The summed E-state index contributed by atoms with van der Waals surface area (Å²) < 4.78 is 39.8. The number of carboxylic acid groups (broad SMARTS) is 1. The Labute approximate surface area is 134 Å². The fourth-order valence-corrected chi connectivity index (χ4v) is 2.84. The number of nitrogens with zero attached hydrogens (tertiary/aromatic N) is 2. The minimum Gasteiger partial charge on any atom is -0.481 e. The van der Waals surface area contributed by atoms with Crippen LogP contribution in [0.4, 0.5) is 18.9 Å². The number of alkyl halides is 3. The summed E-state index contributed by atoms with van der Waals surface area (Å²) in [6.45, 7) is 2.44. The van der Waals surface area contributed by atoms with Gasteiger partial charge in [0.05, 0.1) is 12.0 Å². The normalized spacial score (nSPS) is 16.8. The molecule has 1 aromatic carbocycles. The van der Waals surface area contributed by atoms with Crippen LogP contribution in [0.25, 0.3) is 0 Å². The van der Waals surface area contributed by atoms with Gasteiger partial charge in [0.25, 0.3) is 0 Å². The van der Waals surface area contributed by atoms with Crippen LogP contribution in [0.2, 0.25) is 0 Å². The molecule has 1 aromatic rings. The summed E-state index contributed by atoms with van der Waals surface area (Å²) in [6.07, 6.45) is -4.36. The van der Waals surface area contributed by atoms with Gasteiger partial charge in [0.2, 0.25) is 0 Å². The topological polar surface area (TPSA) is 43.8 Å². The molecule has 0 aliphatic carbocycles. The summed E-state index contributed by atoms with van der Waals surface area (Å²) in [5.74, 6) is -0.866. The number of hydrogen-bond donors (Lipinski definition) is 1. The van der Waals surface area contributed by atoms with Crippen molar-refractivity contribution >= 4 is 27.6 Å². The number of carboxylic acids is 1. The Morgan fingerprint density at radius 2 is 1.86 bits per heavy atom. The minimum absolute atomic E-state index is 0.0477. The van der Waals surface area contributed by atoms with Crippen LogP contribution in [-0.4, -0.2) is 48.7 Å². The molecule has 2 rings (SSSR count). The van der Waals surface area contributed by atoms with Crippen molar-refractivity contribution in [2.24, 2.45) is 0 Å². The van der Waals surface area contributed by atoms with Crippen molar-refractivity contribution in [2.45, 2.75) is 12.6 Å². The zero-order valence-electron chi connectivity index (χ0n) is 11.7. The smallest absolute Gasteiger partial charge is 0.418 e. The van der Waals surface area contributed by atoms with E-state index in [1.54, 1.807) is 11.0 Å². The van der Waals surface area contributed by atoms with Crippen LogP contribution in [0.1, 0.15) is 12.0 Å². The summed E-state index contributed by atoms with van der Waals surface area (Å²) >= 11 is 3.07. The molecular formula is C14H16BrF3N2O2. The van der Waals surface area contributed by atoms with E-state index in [1.807, 2.05) is 4.90 Å². The summed E-state index contributed by atoms with van der Waals surface area (Å²) in [5.41, 5.74) is -0.477. The first kappa shape index (κ1) is 17.1. The summed E-state index contributed by atoms with van der Waals surface area (Å²) in [6, 6.07) is 4.16. The van der Waals surface area contributed by atoms with Gasteiger partial charge in [-0.1, -0.05) is 15.9 Å². The van der Waals surface area contributed by atoms with E-state index in [0.29, 0.717) is 37.2 Å². The number of aliphatic carboxylic acids is 1. The Kier molecular flexibility index (Phi) is 5.33. The van der Waals surface area contributed by atoms with Gasteiger partial charge in [-0.25, -0.2) is 0 Å². The second-order valence-corrected chi connectivity index (χ2v) is 6.05. The van der Waals surface area contributed by atoms with Crippen molar-refractivity contribution in [3.63, 3.8) is 0 Å². The van der Waals surface area contributed by atoms with Gasteiger partial charge in [0.15, 0.2) is 0 Å². The SMILES string of the molecule is O=C(O)CCN1CCN(c2ccc(Br)cc2C(F)(F)F)CC1. The van der Waals surface area contributed by atoms with Crippen LogP contribution >= 0.6 is 15.9 Å². The van der Waals surface area contributed by atoms with Crippen LogP contribution in [0.15, 0.2) is 22.7 Å². The maximum absolute atomic E-state index is 13.1. The van der Waals surface area contributed by atoms with E-state index in [0.717, 1.165) is 6.07 Å². The minimum atomic E-state index is -4.40. The van der Waals surface area contributed by atoms with Crippen molar-refractivity contribution < 1.29 is 23.1 Å². The lowest BCUT2D eigenvalue weighted by Crippen LogP contribution is -2.47. The van der Waals surface area contributed by atoms with Crippen molar-refractivity contribution in [3.05, 3.63) is 28.2 Å². The third kappa shape index (κ3) is 4.36. The Hall–Kier alpha value is -1.28. The predicted molar refractivity (Wildman–Crippen MR) is 80.0 cm³/mol. The molecule has 122 valence electrons. The number of hydrogen-bond acceptors (Lipinski definition) is 3. The lowest BCUT2D eigenvalue weighted by Gasteiger charge is -2.37. The van der Waals surface area contributed by atoms with E-state index >= 15 is 0 Å². The Morgan fingerprint density at radius 3 is 2.41 bits per heavy atom. The molecule has 1 heterocycles. The van der Waals surface area contributed by atoms with E-state index < -0.39 is 17.7 Å². The molecule has 1 aliphatic rings. The first-order valence-electron chi connectivity index (χ1n) is 6.83. The highest BCUT2D eigenvalue weighted by Gasteiger charge is 2.35. The van der Waals surface area contributed by atoms with Crippen molar-refractivity contribution in [3.8, 4) is 0 Å². The first-order valence-corrected chi connectivity index (χ1v) is 7.62. The quantitative estimate of drug-likeness (QED) is 0.871. The fourth-order valence-electron chi connectivity index (χ4n) is 2.48. The summed E-state index contributed by atoms with van der Waals surface area (Å²) in [5, 5.41) is 8.66. The molecule has 0 bridgehead atoms. The second-order valence-electron chi connectivity index (χ2n) is 5.13. The standard InChI is InChI=1S/C14H16BrF3N2O2/c15-10-1-2-12(11(9-10)14(16,17)18)20-7-5-19(6-8-20)4-3-13(21)22/h1-2,9H,3-8H2,(H,21,22). The molecule has 1 aliphatic heterocycles. The number of anilines is 1. The van der Waals surface area contributed by atoms with Gasteiger partial charge >= 0.3 is 12.1 Å². The molecule has 4 nitrogen and oxygen atoms in total. The second kappa shape index (κ2) is 6.87. The third-order valence-corrected chi connectivity index (χ3v) is 4.11. The fraction of sp³-hybridized carbons (Fsp3) is 0.500. The molecule has 1 saturated heterocycles. The predicted octanol–water partition coefficient (Wildman–Crippen LogP) is 3.06. The zero-order valence-corrected chi connectivity index (χ0v) is 13.3. The number of rotatable bonds is 4. The lowest BCUT2D eigenvalue weighted by molar-refractivity contribution is -0.138. The molecular weight excluding hydrogens is 365 g/mol. The number of benzene rings is 1. The Morgan fingerprint density at radius 1 is 1.23 bits per heavy atom. The molecule has 8 heteroatoms. The van der Waals surface area contributed by atoms with Gasteiger partial charge in [-0.2, -0.15) is 13.2 Å². The van der Waals surface area contributed by atoms with Crippen LogP contribution in [0.3, 0.4) is 0 Å². The molecule has 0 unspecified atom stereocenters. The van der Waals surface area contributed by atoms with E-state index in [-0.39, 0.29) is 12.1 Å². The van der Waals surface area contributed by atoms with Crippen LogP contribution < -0.4 is 4.90 Å². The largest absolute Gasteiger partial charge is 0.481 e. The maximum Gasteiger partial charge on any atom is 0.418 e. The van der Waals surface area contributed by atoms with E-state index in [2.05, 4.69) is 15.9 Å². The molecule has 1 fully saturated rings. The van der Waals surface area contributed by atoms with E-state index in [9.17, 15) is 18.0 Å². The molecule has 0 atom stereocenters. The van der Waals surface area contributed by atoms with Gasteiger partial charge < -0.3 is 10.0 Å². The van der Waals surface area contributed by atoms with E-state index in [1.165, 1.54) is 6.07 Å². The number of piperazine rings is 1. The average Bonchev–Trinajstić information content (AvgIpc) is 2.45. The van der Waals surface area contributed by atoms with Gasteiger partial charge in [-0.3, -0.25) is 9.69 Å². The highest BCUT2D eigenvalue weighted by atomic mass is 79.9. The number of halogens is 4. The van der Waals surface area contributed by atoms with Crippen LogP contribution in [0, 0.1) is 0 Å². The molecule has 0 amide bonds. The van der Waals surface area contributed by atoms with Gasteiger partial charge in [-0.15, -0.1) is 0 Å². The average molecular weight is 381 g/mol. The lowest BCUT2D eigenvalue weighted by atomic mass is 10.1. The van der Waals surface area contributed by atoms with Gasteiger partial charge in [0, 0.05) is 42.9 Å². The zero-order chi connectivity index (χ0) is 16.3. The third-order valence-electron chi connectivity index (χ3n) is 3.62. The highest BCUT2D eigenvalue weighted by Crippen LogP contribution is 2.38. The summed E-state index contributed by atoms with van der Waals surface area (Å²) in [7, 11) is 0. The molecule has 0 radical (unpaired) electrons. The van der Waals surface area contributed by atoms with Crippen LogP contribution in [-0.2, 0) is 11.0 Å². The van der Waals surface area contributed by atoms with Gasteiger partial charge in [-0.05, 0) is 18.2 Å². The monoisotopic (exact) mass is 380 g/mol. The van der Waals surface area contributed by atoms with Crippen molar-refractivity contribution in [1.29, 1.82) is 0 Å². The summed E-state index contributed by atoms with van der Waals surface area (Å²) in [4.78, 5) is 14.2. The first-order chi connectivity index (χ1) is 10.3. The van der Waals surface area contributed by atoms with E-state index in [4.69, 9.17) is 5.11 Å². The Bertz CT molecular complexity index is 543. The molecule has 0 spiro atoms. The van der Waals surface area contributed by atoms with Crippen LogP contribution in [0.5, 0.6) is 0 Å². The maximum atomic E-state index is 13.1. The number of carbonyl (C=O) groups is 1. The van der Waals surface area contributed by atoms with Gasteiger partial charge in [0.1, 0.15) is 0 Å². The highest BCUT2D eigenvalue weighted by molar-refractivity contribution is 9.10. The molecule has 0 aromatic heterocycles. The Balaban J connectivity index is 2.07. The molecule has 1 N–H and O–H groups in total. The molecule has 22 heavy (non-hydrogen) atoms. The molecule has 0 saturated carbocycles. The van der Waals surface area contributed by atoms with Crippen molar-refractivity contribution in [2.75, 3.05) is 37.6 Å². The van der Waals surface area contributed by atoms with Crippen molar-refractivity contribution in [1.82, 2.24) is 4.90 Å².